The molecule has 2 N–H and O–H groups in total. The molecule has 5 heteroatoms. The van der Waals surface area contributed by atoms with Crippen molar-refractivity contribution >= 4 is 17.3 Å². The van der Waals surface area contributed by atoms with Crippen LogP contribution >= 0.6 is 11.6 Å². The van der Waals surface area contributed by atoms with Crippen LogP contribution in [0.15, 0.2) is 18.2 Å². The number of fused-ring (bicyclic) bond motifs is 1. The number of unbranched alkanes of at least 4 members (excludes halogenated alkanes) is 1. The summed E-state index contributed by atoms with van der Waals surface area (Å²) in [6.07, 6.45) is 4.22. The van der Waals surface area contributed by atoms with Gasteiger partial charge in [0.25, 0.3) is 0 Å². The largest absolute Gasteiger partial charge is 0.493 e. The fourth-order valence-electron chi connectivity index (χ4n) is 2.51. The number of halogens is 1. The first kappa shape index (κ1) is 14.3. The van der Waals surface area contributed by atoms with E-state index in [9.17, 15) is 0 Å². The van der Waals surface area contributed by atoms with Gasteiger partial charge in [0.2, 0.25) is 0 Å². The van der Waals surface area contributed by atoms with Crippen LogP contribution in [-0.4, -0.2) is 16.6 Å². The molecule has 0 aliphatic carbocycles. The molecule has 1 aliphatic heterocycles. The average Bonchev–Trinajstić information content (AvgIpc) is 3.08. The van der Waals surface area contributed by atoms with E-state index in [1.54, 1.807) is 0 Å². The smallest absolute Gasteiger partial charge is 0.152 e. The highest BCUT2D eigenvalue weighted by molar-refractivity contribution is 6.30. The SMILES string of the molecule is CCCCc1nc(Cl)c(CNc2ccc3c(c2)CCO3)[nH]1. The van der Waals surface area contributed by atoms with Crippen molar-refractivity contribution in [1.29, 1.82) is 0 Å². The minimum Gasteiger partial charge on any atom is -0.493 e. The second-order valence-electron chi connectivity index (χ2n) is 5.33. The lowest BCUT2D eigenvalue weighted by atomic mass is 10.1. The molecule has 1 aromatic heterocycles. The maximum absolute atomic E-state index is 6.18. The fraction of sp³-hybridized carbons (Fsp3) is 0.438. The number of nitrogens with one attached hydrogen (secondary N) is 2. The molecule has 21 heavy (non-hydrogen) atoms. The number of hydrogen-bond acceptors (Lipinski definition) is 3. The maximum atomic E-state index is 6.18. The van der Waals surface area contributed by atoms with Crippen molar-refractivity contribution in [1.82, 2.24) is 9.97 Å². The van der Waals surface area contributed by atoms with Gasteiger partial charge in [-0.05, 0) is 30.2 Å². The van der Waals surface area contributed by atoms with E-state index in [0.717, 1.165) is 55.2 Å². The summed E-state index contributed by atoms with van der Waals surface area (Å²) in [4.78, 5) is 7.68. The van der Waals surface area contributed by atoms with Gasteiger partial charge in [0.1, 0.15) is 11.6 Å². The number of hydrogen-bond donors (Lipinski definition) is 2. The summed E-state index contributed by atoms with van der Waals surface area (Å²) in [5, 5.41) is 3.96. The third kappa shape index (κ3) is 3.32. The van der Waals surface area contributed by atoms with Gasteiger partial charge in [-0.15, -0.1) is 0 Å². The van der Waals surface area contributed by atoms with Crippen LogP contribution in [0.3, 0.4) is 0 Å². The molecule has 0 bridgehead atoms. The van der Waals surface area contributed by atoms with Crippen molar-refractivity contribution in [3.05, 3.63) is 40.4 Å². The molecular weight excluding hydrogens is 286 g/mol. The van der Waals surface area contributed by atoms with Crippen LogP contribution in [-0.2, 0) is 19.4 Å². The molecule has 0 amide bonds. The van der Waals surface area contributed by atoms with E-state index in [1.807, 2.05) is 12.1 Å². The van der Waals surface area contributed by atoms with Crippen molar-refractivity contribution in [3.8, 4) is 5.75 Å². The minimum atomic E-state index is 0.568. The van der Waals surface area contributed by atoms with Crippen LogP contribution < -0.4 is 10.1 Å². The first-order valence-electron chi connectivity index (χ1n) is 7.49. The molecule has 3 rings (SSSR count). The quantitative estimate of drug-likeness (QED) is 0.849. The van der Waals surface area contributed by atoms with Crippen LogP contribution in [0.25, 0.3) is 0 Å². The molecule has 2 aromatic rings. The zero-order chi connectivity index (χ0) is 14.7. The van der Waals surface area contributed by atoms with Gasteiger partial charge in [0, 0.05) is 18.5 Å². The number of aryl methyl sites for hydroxylation is 1. The number of ether oxygens (including phenoxy) is 1. The average molecular weight is 306 g/mol. The number of imidazole rings is 1. The Hall–Kier alpha value is -1.68. The van der Waals surface area contributed by atoms with E-state index in [2.05, 4.69) is 28.3 Å². The third-order valence-electron chi connectivity index (χ3n) is 3.70. The number of H-pyrrole nitrogens is 1. The third-order valence-corrected chi connectivity index (χ3v) is 4.02. The van der Waals surface area contributed by atoms with E-state index in [0.29, 0.717) is 11.7 Å². The molecule has 4 nitrogen and oxygen atoms in total. The number of aromatic nitrogens is 2. The second-order valence-corrected chi connectivity index (χ2v) is 5.69. The Morgan fingerprint density at radius 3 is 3.19 bits per heavy atom. The van der Waals surface area contributed by atoms with E-state index in [4.69, 9.17) is 16.3 Å². The number of aromatic amines is 1. The second kappa shape index (κ2) is 6.39. The summed E-state index contributed by atoms with van der Waals surface area (Å²) in [7, 11) is 0. The van der Waals surface area contributed by atoms with E-state index < -0.39 is 0 Å². The Morgan fingerprint density at radius 1 is 1.43 bits per heavy atom. The molecule has 1 aliphatic rings. The molecule has 0 saturated heterocycles. The molecule has 0 fully saturated rings. The van der Waals surface area contributed by atoms with E-state index in [1.165, 1.54) is 5.56 Å². The lowest BCUT2D eigenvalue weighted by Gasteiger charge is -2.07. The molecule has 0 saturated carbocycles. The van der Waals surface area contributed by atoms with Gasteiger partial charge in [0.05, 0.1) is 18.8 Å². The van der Waals surface area contributed by atoms with E-state index in [-0.39, 0.29) is 0 Å². The molecule has 112 valence electrons. The molecule has 0 atom stereocenters. The van der Waals surface area contributed by atoms with Crippen molar-refractivity contribution in [2.75, 3.05) is 11.9 Å². The minimum absolute atomic E-state index is 0.568. The highest BCUT2D eigenvalue weighted by atomic mass is 35.5. The predicted molar refractivity (Wildman–Crippen MR) is 85.2 cm³/mol. The number of rotatable bonds is 6. The first-order valence-corrected chi connectivity index (χ1v) is 7.87. The summed E-state index contributed by atoms with van der Waals surface area (Å²) in [6.45, 7) is 3.61. The van der Waals surface area contributed by atoms with Crippen molar-refractivity contribution in [2.24, 2.45) is 0 Å². The van der Waals surface area contributed by atoms with Crippen molar-refractivity contribution < 1.29 is 4.74 Å². The highest BCUT2D eigenvalue weighted by Gasteiger charge is 2.12. The van der Waals surface area contributed by atoms with Gasteiger partial charge in [-0.2, -0.15) is 0 Å². The van der Waals surface area contributed by atoms with Gasteiger partial charge >= 0.3 is 0 Å². The summed E-state index contributed by atoms with van der Waals surface area (Å²) in [5.41, 5.74) is 3.29. The Morgan fingerprint density at radius 2 is 2.33 bits per heavy atom. The topological polar surface area (TPSA) is 49.9 Å². The van der Waals surface area contributed by atoms with Crippen LogP contribution in [0.4, 0.5) is 5.69 Å². The van der Waals surface area contributed by atoms with Gasteiger partial charge in [-0.25, -0.2) is 4.98 Å². The molecule has 0 spiro atoms. The van der Waals surface area contributed by atoms with Crippen LogP contribution in [0.1, 0.15) is 36.8 Å². The molecule has 2 heterocycles. The van der Waals surface area contributed by atoms with Gasteiger partial charge < -0.3 is 15.0 Å². The van der Waals surface area contributed by atoms with Crippen molar-refractivity contribution in [2.45, 2.75) is 39.2 Å². The number of benzene rings is 1. The van der Waals surface area contributed by atoms with Gasteiger partial charge in [-0.3, -0.25) is 0 Å². The van der Waals surface area contributed by atoms with E-state index >= 15 is 0 Å². The molecule has 0 radical (unpaired) electrons. The lowest BCUT2D eigenvalue weighted by Crippen LogP contribution is -2.01. The van der Waals surface area contributed by atoms with Gasteiger partial charge in [0.15, 0.2) is 5.15 Å². The maximum Gasteiger partial charge on any atom is 0.152 e. The first-order chi connectivity index (χ1) is 10.3. The zero-order valence-electron chi connectivity index (χ0n) is 12.2. The van der Waals surface area contributed by atoms with Crippen LogP contribution in [0.5, 0.6) is 5.75 Å². The van der Waals surface area contributed by atoms with Crippen LogP contribution in [0, 0.1) is 0 Å². The Balaban J connectivity index is 1.63. The standard InChI is InChI=1S/C16H20ClN3O/c1-2-3-4-15-19-13(16(17)20-15)10-18-12-5-6-14-11(9-12)7-8-21-14/h5-6,9,18H,2-4,7-8,10H2,1H3,(H,19,20). The summed E-state index contributed by atoms with van der Waals surface area (Å²) in [6, 6.07) is 6.20. The predicted octanol–water partition coefficient (Wildman–Crippen LogP) is 3.95. The number of anilines is 1. The summed E-state index contributed by atoms with van der Waals surface area (Å²) < 4.78 is 5.51. The Bertz CT molecular complexity index is 624. The normalized spacial score (nSPS) is 13.0. The summed E-state index contributed by atoms with van der Waals surface area (Å²) in [5.74, 6) is 1.97. The Labute approximate surface area is 129 Å². The van der Waals surface area contributed by atoms with Gasteiger partial charge in [-0.1, -0.05) is 24.9 Å². The Kier molecular flexibility index (Phi) is 4.34. The van der Waals surface area contributed by atoms with Crippen molar-refractivity contribution in [3.63, 3.8) is 0 Å². The summed E-state index contributed by atoms with van der Waals surface area (Å²) >= 11 is 6.18. The molecular formula is C16H20ClN3O. The molecule has 1 aromatic carbocycles. The van der Waals surface area contributed by atoms with Crippen LogP contribution in [0.2, 0.25) is 5.15 Å². The monoisotopic (exact) mass is 305 g/mol. The highest BCUT2D eigenvalue weighted by Crippen LogP contribution is 2.28. The fourth-order valence-corrected chi connectivity index (χ4v) is 2.72. The lowest BCUT2D eigenvalue weighted by molar-refractivity contribution is 0.357. The zero-order valence-corrected chi connectivity index (χ0v) is 13.0. The molecule has 0 unspecified atom stereocenters. The number of nitrogens with zero attached hydrogens (tertiary/aromatic N) is 1.